The molecule has 2 aliphatic rings. The number of ether oxygens (including phenoxy) is 2. The summed E-state index contributed by atoms with van der Waals surface area (Å²) < 4.78 is 11.2. The zero-order valence-corrected chi connectivity index (χ0v) is 26.9. The highest BCUT2D eigenvalue weighted by Crippen LogP contribution is 2.35. The monoisotopic (exact) mass is 605 g/mol. The Hall–Kier alpha value is -3.88. The fraction of sp³-hybridized carbons (Fsp3) is 0.543. The molecule has 2 aromatic carbocycles. The van der Waals surface area contributed by atoms with Crippen LogP contribution < -0.4 is 5.32 Å². The molecule has 0 aliphatic carbocycles. The first-order chi connectivity index (χ1) is 20.7. The highest BCUT2D eigenvalue weighted by atomic mass is 16.6. The molecule has 0 aromatic heterocycles. The van der Waals surface area contributed by atoms with Crippen LogP contribution in [0.5, 0.6) is 0 Å². The molecule has 4 rings (SSSR count). The Morgan fingerprint density at radius 2 is 1.52 bits per heavy atom. The van der Waals surface area contributed by atoms with E-state index >= 15 is 0 Å². The SMILES string of the molecule is CC(C)(C)OC(=O)CCCN(C[C@H]1CN(C(=O)OC(C)(C)C)C[C@H]1Cc1ccccc1)C(=O)C1CC(=O)Nc2ccccc21. The van der Waals surface area contributed by atoms with Crippen molar-refractivity contribution < 1.29 is 28.7 Å². The summed E-state index contributed by atoms with van der Waals surface area (Å²) in [5, 5.41) is 2.88. The van der Waals surface area contributed by atoms with Crippen LogP contribution in [0.15, 0.2) is 54.6 Å². The van der Waals surface area contributed by atoms with Crippen LogP contribution in [0.1, 0.15) is 77.8 Å². The van der Waals surface area contributed by atoms with Gasteiger partial charge in [0.05, 0.1) is 5.92 Å². The molecule has 44 heavy (non-hydrogen) atoms. The highest BCUT2D eigenvalue weighted by Gasteiger charge is 2.40. The minimum Gasteiger partial charge on any atom is -0.460 e. The van der Waals surface area contributed by atoms with Gasteiger partial charge in [-0.15, -0.1) is 0 Å². The van der Waals surface area contributed by atoms with Crippen molar-refractivity contribution in [3.63, 3.8) is 0 Å². The number of benzene rings is 2. The predicted molar refractivity (Wildman–Crippen MR) is 169 cm³/mol. The van der Waals surface area contributed by atoms with Gasteiger partial charge < -0.3 is 24.6 Å². The Morgan fingerprint density at radius 3 is 2.20 bits per heavy atom. The summed E-state index contributed by atoms with van der Waals surface area (Å²) in [5.74, 6) is -1.22. The molecule has 0 spiro atoms. The molecule has 3 atom stereocenters. The maximum atomic E-state index is 14.3. The zero-order valence-electron chi connectivity index (χ0n) is 26.9. The van der Waals surface area contributed by atoms with Gasteiger partial charge in [0, 0.05) is 44.7 Å². The average molecular weight is 606 g/mol. The van der Waals surface area contributed by atoms with Gasteiger partial charge in [0.2, 0.25) is 11.8 Å². The Kier molecular flexibility index (Phi) is 10.4. The highest BCUT2D eigenvalue weighted by molar-refractivity contribution is 6.01. The fourth-order valence-corrected chi connectivity index (χ4v) is 6.00. The van der Waals surface area contributed by atoms with Gasteiger partial charge in [0.25, 0.3) is 0 Å². The first-order valence-corrected chi connectivity index (χ1v) is 15.6. The van der Waals surface area contributed by atoms with Gasteiger partial charge in [0.1, 0.15) is 11.2 Å². The van der Waals surface area contributed by atoms with Crippen molar-refractivity contribution >= 4 is 29.6 Å². The van der Waals surface area contributed by atoms with Gasteiger partial charge in [-0.05, 0) is 83.4 Å². The standard InChI is InChI=1S/C35H47N3O6/c1-34(2,3)43-31(40)17-12-18-37(32(41)28-20-30(39)36-29-16-11-10-15-27(28)29)22-26-23-38(33(42)44-35(4,5)6)21-25(26)19-24-13-8-7-9-14-24/h7-11,13-16,25-26,28H,12,17-23H2,1-6H3,(H,36,39)/t25-,26+,28?/m1/s1. The van der Waals surface area contributed by atoms with Crippen LogP contribution in [0.4, 0.5) is 10.5 Å². The van der Waals surface area contributed by atoms with Gasteiger partial charge >= 0.3 is 12.1 Å². The van der Waals surface area contributed by atoms with Crippen molar-refractivity contribution in [2.24, 2.45) is 11.8 Å². The lowest BCUT2D eigenvalue weighted by Crippen LogP contribution is -2.43. The van der Waals surface area contributed by atoms with Gasteiger partial charge in [-0.1, -0.05) is 48.5 Å². The van der Waals surface area contributed by atoms with Gasteiger partial charge in [-0.3, -0.25) is 14.4 Å². The molecule has 1 fully saturated rings. The lowest BCUT2D eigenvalue weighted by Gasteiger charge is -2.33. The number of hydrogen-bond donors (Lipinski definition) is 1. The van der Waals surface area contributed by atoms with E-state index in [0.29, 0.717) is 38.3 Å². The number of nitrogens with zero attached hydrogens (tertiary/aromatic N) is 2. The number of carbonyl (C=O) groups excluding carboxylic acids is 4. The maximum Gasteiger partial charge on any atom is 0.410 e. The smallest absolute Gasteiger partial charge is 0.410 e. The molecule has 3 amide bonds. The molecule has 1 unspecified atom stereocenters. The number of carbonyl (C=O) groups is 4. The third-order valence-corrected chi connectivity index (χ3v) is 7.86. The van der Waals surface area contributed by atoms with Crippen LogP contribution in [0, 0.1) is 11.8 Å². The molecule has 0 radical (unpaired) electrons. The van der Waals surface area contributed by atoms with Gasteiger partial charge in [0.15, 0.2) is 0 Å². The van der Waals surface area contributed by atoms with E-state index in [2.05, 4.69) is 17.4 Å². The molecule has 2 heterocycles. The number of nitrogens with one attached hydrogen (secondary N) is 1. The van der Waals surface area contributed by atoms with E-state index in [0.717, 1.165) is 17.5 Å². The molecular weight excluding hydrogens is 558 g/mol. The summed E-state index contributed by atoms with van der Waals surface area (Å²) >= 11 is 0. The van der Waals surface area contributed by atoms with Crippen LogP contribution >= 0.6 is 0 Å². The van der Waals surface area contributed by atoms with E-state index in [9.17, 15) is 19.2 Å². The third kappa shape index (κ3) is 9.31. The fourth-order valence-electron chi connectivity index (χ4n) is 6.00. The summed E-state index contributed by atoms with van der Waals surface area (Å²) in [6.07, 6.45) is 1.04. The lowest BCUT2D eigenvalue weighted by molar-refractivity contribution is -0.155. The number of fused-ring (bicyclic) bond motifs is 1. The number of hydrogen-bond acceptors (Lipinski definition) is 6. The Labute approximate surface area is 261 Å². The second-order valence-corrected chi connectivity index (χ2v) is 14.0. The molecular formula is C35H47N3O6. The van der Waals surface area contributed by atoms with Gasteiger partial charge in [-0.2, -0.15) is 0 Å². The Morgan fingerprint density at radius 1 is 0.886 bits per heavy atom. The summed E-state index contributed by atoms with van der Waals surface area (Å²) in [5.41, 5.74) is 1.38. The summed E-state index contributed by atoms with van der Waals surface area (Å²) in [6.45, 7) is 12.7. The van der Waals surface area contributed by atoms with E-state index in [4.69, 9.17) is 9.47 Å². The Bertz CT molecular complexity index is 1330. The van der Waals surface area contributed by atoms with E-state index in [1.165, 1.54) is 0 Å². The summed E-state index contributed by atoms with van der Waals surface area (Å²) in [6, 6.07) is 17.5. The van der Waals surface area contributed by atoms with Crippen LogP contribution in [-0.2, 0) is 30.3 Å². The second-order valence-electron chi connectivity index (χ2n) is 14.0. The second kappa shape index (κ2) is 13.8. The first-order valence-electron chi connectivity index (χ1n) is 15.6. The molecule has 9 heteroatoms. The molecule has 0 bridgehead atoms. The molecule has 238 valence electrons. The van der Waals surface area contributed by atoms with E-state index in [-0.39, 0.29) is 48.6 Å². The van der Waals surface area contributed by atoms with Crippen LogP contribution in [0.2, 0.25) is 0 Å². The molecule has 2 aromatic rings. The lowest BCUT2D eigenvalue weighted by atomic mass is 9.87. The van der Waals surface area contributed by atoms with Crippen LogP contribution in [-0.4, -0.2) is 71.1 Å². The normalized spacial score (nSPS) is 20.0. The maximum absolute atomic E-state index is 14.3. The Balaban J connectivity index is 1.58. The summed E-state index contributed by atoms with van der Waals surface area (Å²) in [4.78, 5) is 56.1. The van der Waals surface area contributed by atoms with Crippen molar-refractivity contribution in [1.29, 1.82) is 0 Å². The molecule has 1 N–H and O–H groups in total. The molecule has 9 nitrogen and oxygen atoms in total. The number of esters is 1. The number of rotatable bonds is 9. The third-order valence-electron chi connectivity index (χ3n) is 7.86. The minimum atomic E-state index is -0.627. The largest absolute Gasteiger partial charge is 0.460 e. The quantitative estimate of drug-likeness (QED) is 0.363. The number of para-hydroxylation sites is 1. The van der Waals surface area contributed by atoms with E-state index < -0.39 is 17.1 Å². The molecule has 1 saturated heterocycles. The van der Waals surface area contributed by atoms with Crippen molar-refractivity contribution in [3.05, 3.63) is 65.7 Å². The minimum absolute atomic E-state index is 0.0270. The zero-order chi connectivity index (χ0) is 32.1. The van der Waals surface area contributed by atoms with E-state index in [1.807, 2.05) is 84.0 Å². The molecule has 2 aliphatic heterocycles. The summed E-state index contributed by atoms with van der Waals surface area (Å²) in [7, 11) is 0. The number of amides is 3. The topological polar surface area (TPSA) is 105 Å². The van der Waals surface area contributed by atoms with Gasteiger partial charge in [-0.25, -0.2) is 4.79 Å². The van der Waals surface area contributed by atoms with Crippen LogP contribution in [0.3, 0.4) is 0 Å². The van der Waals surface area contributed by atoms with Crippen molar-refractivity contribution in [2.45, 2.75) is 84.3 Å². The van der Waals surface area contributed by atoms with Crippen molar-refractivity contribution in [3.8, 4) is 0 Å². The van der Waals surface area contributed by atoms with E-state index in [1.54, 1.807) is 9.80 Å². The van der Waals surface area contributed by atoms with Crippen LogP contribution in [0.25, 0.3) is 0 Å². The average Bonchev–Trinajstić information content (AvgIpc) is 3.32. The van der Waals surface area contributed by atoms with Crippen molar-refractivity contribution in [2.75, 3.05) is 31.5 Å². The number of likely N-dealkylation sites (tertiary alicyclic amines) is 1. The first kappa shape index (κ1) is 33.0. The van der Waals surface area contributed by atoms with Crippen molar-refractivity contribution in [1.82, 2.24) is 9.80 Å². The number of anilines is 1. The molecule has 0 saturated carbocycles. The predicted octanol–water partition coefficient (Wildman–Crippen LogP) is 5.79.